The highest BCUT2D eigenvalue weighted by Gasteiger charge is 2.44. The quantitative estimate of drug-likeness (QED) is 0.490. The van der Waals surface area contributed by atoms with Crippen molar-refractivity contribution in [2.45, 2.75) is 58.0 Å². The molecule has 2 rings (SSSR count). The minimum atomic E-state index is -1.46. The Kier molecular flexibility index (Phi) is 6.12. The van der Waals surface area contributed by atoms with Crippen LogP contribution in [-0.4, -0.2) is 31.0 Å². The van der Waals surface area contributed by atoms with E-state index in [0.29, 0.717) is 18.1 Å². The molecule has 3 nitrogen and oxygen atoms in total. The first-order chi connectivity index (χ1) is 11.4. The maximum absolute atomic E-state index is 11.6. The molecule has 2 N–H and O–H groups in total. The smallest absolute Gasteiger partial charge is 0.133 e. The van der Waals surface area contributed by atoms with Gasteiger partial charge in [-0.2, -0.15) is 0 Å². The summed E-state index contributed by atoms with van der Waals surface area (Å²) in [5.74, 6) is 1.40. The molecule has 1 aliphatic rings. The summed E-state index contributed by atoms with van der Waals surface area (Å²) in [7, 11) is 0.158. The molecular formula is C20H31BrO3Si. The van der Waals surface area contributed by atoms with E-state index in [9.17, 15) is 10.2 Å². The summed E-state index contributed by atoms with van der Waals surface area (Å²) in [5.41, 5.74) is 1.29. The lowest BCUT2D eigenvalue weighted by Crippen LogP contribution is -2.48. The number of aliphatic hydroxyl groups is 1. The van der Waals surface area contributed by atoms with Crippen LogP contribution < -0.4 is 4.74 Å². The third-order valence-electron chi connectivity index (χ3n) is 5.08. The van der Waals surface area contributed by atoms with Crippen molar-refractivity contribution in [3.8, 4) is 11.5 Å². The van der Waals surface area contributed by atoms with Gasteiger partial charge in [0.1, 0.15) is 11.5 Å². The maximum Gasteiger partial charge on any atom is 0.133 e. The molecular weight excluding hydrogens is 396 g/mol. The molecule has 25 heavy (non-hydrogen) atoms. The van der Waals surface area contributed by atoms with Crippen LogP contribution in [-0.2, 0) is 6.42 Å². The number of rotatable bonds is 5. The minimum Gasteiger partial charge on any atom is -0.508 e. The van der Waals surface area contributed by atoms with Gasteiger partial charge in [-0.05, 0) is 71.3 Å². The molecule has 0 aliphatic heterocycles. The molecule has 0 saturated carbocycles. The summed E-state index contributed by atoms with van der Waals surface area (Å²) in [6.45, 7) is 11.2. The van der Waals surface area contributed by atoms with E-state index < -0.39 is 13.7 Å². The summed E-state index contributed by atoms with van der Waals surface area (Å²) in [4.78, 5) is 0. The zero-order valence-electron chi connectivity index (χ0n) is 16.2. The predicted molar refractivity (Wildman–Crippen MR) is 110 cm³/mol. The summed E-state index contributed by atoms with van der Waals surface area (Å²) >= 11 is 3.41. The summed E-state index contributed by atoms with van der Waals surface area (Å²) in [6.07, 6.45) is 3.72. The van der Waals surface area contributed by atoms with E-state index in [2.05, 4.69) is 55.5 Å². The van der Waals surface area contributed by atoms with Crippen LogP contribution in [0, 0.1) is 11.8 Å². The lowest BCUT2D eigenvalue weighted by Gasteiger charge is -2.44. The summed E-state index contributed by atoms with van der Waals surface area (Å²) < 4.78 is 6.12. The predicted octanol–water partition coefficient (Wildman–Crippen LogP) is 5.38. The van der Waals surface area contributed by atoms with E-state index in [1.807, 2.05) is 6.07 Å². The van der Waals surface area contributed by atoms with Crippen LogP contribution in [0.2, 0.25) is 25.7 Å². The lowest BCUT2D eigenvalue weighted by atomic mass is 9.69. The molecule has 0 saturated heterocycles. The van der Waals surface area contributed by atoms with Crippen LogP contribution in [0.3, 0.4) is 0 Å². The molecule has 0 aromatic heterocycles. The Balaban J connectivity index is 2.41. The van der Waals surface area contributed by atoms with Gasteiger partial charge in [0.05, 0.1) is 17.2 Å². The number of halogens is 1. The number of methoxy groups -OCH3 is 1. The number of allylic oxidation sites excluding steroid dienone is 1. The fourth-order valence-corrected chi connectivity index (χ4v) is 6.84. The van der Waals surface area contributed by atoms with E-state index in [1.165, 1.54) is 5.57 Å². The number of hydrogen-bond acceptors (Lipinski definition) is 3. The monoisotopic (exact) mass is 426 g/mol. The Bertz CT molecular complexity index is 666. The number of benzene rings is 1. The van der Waals surface area contributed by atoms with Crippen molar-refractivity contribution >= 4 is 24.0 Å². The van der Waals surface area contributed by atoms with Crippen molar-refractivity contribution in [3.63, 3.8) is 0 Å². The van der Waals surface area contributed by atoms with E-state index in [0.717, 1.165) is 22.5 Å². The summed E-state index contributed by atoms with van der Waals surface area (Å²) in [5, 5.41) is 22.0. The molecule has 3 atom stereocenters. The molecule has 1 unspecified atom stereocenters. The molecule has 0 fully saturated rings. The van der Waals surface area contributed by atoms with Gasteiger partial charge in [0.25, 0.3) is 0 Å². The maximum atomic E-state index is 11.6. The van der Waals surface area contributed by atoms with Crippen LogP contribution in [0.15, 0.2) is 28.3 Å². The van der Waals surface area contributed by atoms with Crippen molar-refractivity contribution < 1.29 is 14.9 Å². The Morgan fingerprint density at radius 3 is 2.52 bits per heavy atom. The molecule has 1 aromatic carbocycles. The van der Waals surface area contributed by atoms with Gasteiger partial charge in [-0.1, -0.05) is 38.2 Å². The van der Waals surface area contributed by atoms with Crippen LogP contribution in [0.4, 0.5) is 0 Å². The van der Waals surface area contributed by atoms with Crippen LogP contribution in [0.25, 0.3) is 0 Å². The van der Waals surface area contributed by atoms with Gasteiger partial charge in [0.15, 0.2) is 0 Å². The van der Waals surface area contributed by atoms with E-state index in [4.69, 9.17) is 4.74 Å². The zero-order valence-corrected chi connectivity index (χ0v) is 18.8. The largest absolute Gasteiger partial charge is 0.508 e. The average molecular weight is 427 g/mol. The highest BCUT2D eigenvalue weighted by molar-refractivity contribution is 9.10. The summed E-state index contributed by atoms with van der Waals surface area (Å²) in [6, 6.07) is 4.40. The Labute approximate surface area is 161 Å². The van der Waals surface area contributed by atoms with E-state index in [1.54, 1.807) is 13.2 Å². The van der Waals surface area contributed by atoms with Crippen LogP contribution >= 0.6 is 15.9 Å². The molecule has 1 aliphatic carbocycles. The first kappa shape index (κ1) is 20.5. The second-order valence-electron chi connectivity index (χ2n) is 8.83. The van der Waals surface area contributed by atoms with Crippen molar-refractivity contribution in [2.75, 3.05) is 7.11 Å². The number of phenolic OH excluding ortho intramolecular Hbond substituents is 1. The molecule has 0 heterocycles. The standard InChI is InChI=1S/C20H31BrO3Si/c1-13-7-14(2)16(20(23,11-13)12-25(4,5)6)8-15-9-19(24-3)17(21)10-18(15)22/h9-11,14,16,22-23H,7-8,12H2,1-6H3/t14-,16+,20?/m1/s1. The Hall–Kier alpha value is -0.783. The topological polar surface area (TPSA) is 49.7 Å². The number of ether oxygens (including phenoxy) is 1. The van der Waals surface area contributed by atoms with Gasteiger partial charge < -0.3 is 14.9 Å². The fourth-order valence-electron chi connectivity index (χ4n) is 4.29. The minimum absolute atomic E-state index is 0.0831. The van der Waals surface area contributed by atoms with Crippen molar-refractivity contribution in [1.82, 2.24) is 0 Å². The normalized spacial score (nSPS) is 27.1. The second-order valence-corrected chi connectivity index (χ2v) is 15.2. The number of hydrogen-bond donors (Lipinski definition) is 2. The van der Waals surface area contributed by atoms with E-state index in [-0.39, 0.29) is 11.7 Å². The van der Waals surface area contributed by atoms with E-state index >= 15 is 0 Å². The third-order valence-corrected chi connectivity index (χ3v) is 7.32. The molecule has 1 aromatic rings. The Morgan fingerprint density at radius 2 is 1.96 bits per heavy atom. The molecule has 0 bridgehead atoms. The van der Waals surface area contributed by atoms with Crippen LogP contribution in [0.5, 0.6) is 11.5 Å². The molecule has 5 heteroatoms. The molecule has 0 radical (unpaired) electrons. The average Bonchev–Trinajstić information content (AvgIpc) is 2.42. The molecule has 0 spiro atoms. The van der Waals surface area contributed by atoms with Gasteiger partial charge in [0, 0.05) is 8.07 Å². The van der Waals surface area contributed by atoms with Crippen molar-refractivity contribution in [1.29, 1.82) is 0 Å². The number of aromatic hydroxyl groups is 1. The number of phenols is 1. The lowest BCUT2D eigenvalue weighted by molar-refractivity contribution is 0.00963. The van der Waals surface area contributed by atoms with Gasteiger partial charge in [-0.15, -0.1) is 0 Å². The highest BCUT2D eigenvalue weighted by atomic mass is 79.9. The third kappa shape index (κ3) is 4.89. The van der Waals surface area contributed by atoms with Gasteiger partial charge in [-0.3, -0.25) is 0 Å². The van der Waals surface area contributed by atoms with Crippen molar-refractivity contribution in [2.24, 2.45) is 11.8 Å². The van der Waals surface area contributed by atoms with Gasteiger partial charge >= 0.3 is 0 Å². The zero-order chi connectivity index (χ0) is 19.0. The fraction of sp³-hybridized carbons (Fsp3) is 0.600. The Morgan fingerprint density at radius 1 is 1.32 bits per heavy atom. The highest BCUT2D eigenvalue weighted by Crippen LogP contribution is 2.44. The van der Waals surface area contributed by atoms with Gasteiger partial charge in [0.2, 0.25) is 0 Å². The van der Waals surface area contributed by atoms with Gasteiger partial charge in [-0.25, -0.2) is 0 Å². The van der Waals surface area contributed by atoms with Crippen molar-refractivity contribution in [3.05, 3.63) is 33.8 Å². The molecule has 0 amide bonds. The first-order valence-electron chi connectivity index (χ1n) is 8.91. The second kappa shape index (κ2) is 7.45. The SMILES string of the molecule is COc1cc(C[C@H]2[C@H](C)CC(C)=CC2(O)C[Si](C)(C)C)c(O)cc1Br. The van der Waals surface area contributed by atoms with Crippen LogP contribution in [0.1, 0.15) is 25.8 Å². The first-order valence-corrected chi connectivity index (χ1v) is 13.4. The molecule has 140 valence electrons.